The minimum atomic E-state index is -0.956. The summed E-state index contributed by atoms with van der Waals surface area (Å²) >= 11 is 1.36. The molecule has 158 valence electrons. The number of ketones is 1. The quantitative estimate of drug-likeness (QED) is 0.470. The molecule has 1 atom stereocenters. The lowest BCUT2D eigenvalue weighted by atomic mass is 9.95. The Kier molecular flexibility index (Phi) is 6.36. The molecule has 0 amide bonds. The number of benzene rings is 2. The van der Waals surface area contributed by atoms with Crippen LogP contribution in [0.15, 0.2) is 53.9 Å². The summed E-state index contributed by atoms with van der Waals surface area (Å²) in [6.07, 6.45) is 3.63. The molecule has 1 N–H and O–H groups in total. The molecule has 3 aromatic rings. The zero-order valence-corrected chi connectivity index (χ0v) is 18.9. The summed E-state index contributed by atoms with van der Waals surface area (Å²) < 4.78 is 1.22. The first-order valence-electron chi connectivity index (χ1n) is 10.1. The minimum Gasteiger partial charge on any atom is -0.481 e. The summed E-state index contributed by atoms with van der Waals surface area (Å²) in [7, 11) is 0. The smallest absolute Gasteiger partial charge is 0.306 e. The number of aromatic nitrogens is 2. The highest BCUT2D eigenvalue weighted by Gasteiger charge is 2.33. The second kappa shape index (κ2) is 8.64. The van der Waals surface area contributed by atoms with Crippen LogP contribution in [0.4, 0.5) is 0 Å². The standard InChI is InChI=1S/C24H28N2O3S/c1-15(2)17-10-11-20(19-9-7-6-8-18(17)19)26-13-12-25-23(26)30-24(4,5)21(27)14-16(3)22(28)29/h6-13,15-16H,14H2,1-5H3,(H,28,29). The van der Waals surface area contributed by atoms with Crippen molar-refractivity contribution in [1.29, 1.82) is 0 Å². The predicted octanol–water partition coefficient (Wildman–Crippen LogP) is 5.70. The molecular formula is C24H28N2O3S. The molecule has 0 aliphatic heterocycles. The monoisotopic (exact) mass is 424 g/mol. The fraction of sp³-hybridized carbons (Fsp3) is 0.375. The van der Waals surface area contributed by atoms with E-state index in [1.165, 1.54) is 22.7 Å². The van der Waals surface area contributed by atoms with Crippen LogP contribution in [0, 0.1) is 5.92 Å². The molecule has 0 radical (unpaired) electrons. The van der Waals surface area contributed by atoms with Gasteiger partial charge in [0, 0.05) is 24.2 Å². The summed E-state index contributed by atoms with van der Waals surface area (Å²) in [6.45, 7) is 9.59. The van der Waals surface area contributed by atoms with E-state index in [1.54, 1.807) is 13.1 Å². The van der Waals surface area contributed by atoms with Crippen molar-refractivity contribution in [3.05, 3.63) is 54.4 Å². The van der Waals surface area contributed by atoms with Crippen molar-refractivity contribution in [1.82, 2.24) is 9.55 Å². The number of hydrogen-bond donors (Lipinski definition) is 1. The van der Waals surface area contributed by atoms with E-state index in [2.05, 4.69) is 43.1 Å². The Hall–Kier alpha value is -2.60. The van der Waals surface area contributed by atoms with Crippen molar-refractivity contribution >= 4 is 34.3 Å². The maximum absolute atomic E-state index is 12.8. The van der Waals surface area contributed by atoms with Gasteiger partial charge in [0.2, 0.25) is 0 Å². The number of carboxylic acid groups (broad SMARTS) is 1. The van der Waals surface area contributed by atoms with Crippen LogP contribution in [-0.4, -0.2) is 31.2 Å². The molecule has 0 fully saturated rings. The van der Waals surface area contributed by atoms with Gasteiger partial charge in [0.1, 0.15) is 5.78 Å². The molecule has 0 saturated heterocycles. The maximum atomic E-state index is 12.8. The molecule has 30 heavy (non-hydrogen) atoms. The number of hydrogen-bond acceptors (Lipinski definition) is 4. The molecule has 1 unspecified atom stereocenters. The van der Waals surface area contributed by atoms with E-state index in [0.29, 0.717) is 11.1 Å². The van der Waals surface area contributed by atoms with Crippen molar-refractivity contribution < 1.29 is 14.7 Å². The van der Waals surface area contributed by atoms with E-state index in [-0.39, 0.29) is 12.2 Å². The van der Waals surface area contributed by atoms with E-state index in [4.69, 9.17) is 5.11 Å². The van der Waals surface area contributed by atoms with E-state index in [1.807, 2.05) is 36.7 Å². The number of aliphatic carboxylic acids is 1. The van der Waals surface area contributed by atoms with Gasteiger partial charge in [0.25, 0.3) is 0 Å². The van der Waals surface area contributed by atoms with E-state index < -0.39 is 16.6 Å². The van der Waals surface area contributed by atoms with E-state index >= 15 is 0 Å². The first-order valence-corrected chi connectivity index (χ1v) is 10.9. The van der Waals surface area contributed by atoms with Crippen LogP contribution in [0.1, 0.15) is 52.5 Å². The Labute approximate surface area is 181 Å². The van der Waals surface area contributed by atoms with Gasteiger partial charge >= 0.3 is 5.97 Å². The fourth-order valence-electron chi connectivity index (χ4n) is 3.46. The van der Waals surface area contributed by atoms with Crippen LogP contribution < -0.4 is 0 Å². The highest BCUT2D eigenvalue weighted by atomic mass is 32.2. The summed E-state index contributed by atoms with van der Waals surface area (Å²) in [5, 5.41) is 12.2. The lowest BCUT2D eigenvalue weighted by Gasteiger charge is -2.24. The molecule has 0 aliphatic carbocycles. The van der Waals surface area contributed by atoms with Gasteiger partial charge in [-0.05, 0) is 36.8 Å². The van der Waals surface area contributed by atoms with Gasteiger partial charge in [-0.1, -0.05) is 62.9 Å². The van der Waals surface area contributed by atoms with Gasteiger partial charge in [0.15, 0.2) is 5.16 Å². The minimum absolute atomic E-state index is 0.00204. The van der Waals surface area contributed by atoms with Gasteiger partial charge in [-0.2, -0.15) is 0 Å². The highest BCUT2D eigenvalue weighted by Crippen LogP contribution is 2.37. The molecule has 2 aromatic carbocycles. The predicted molar refractivity (Wildman–Crippen MR) is 122 cm³/mol. The first kappa shape index (κ1) is 22.1. The number of carboxylic acids is 1. The van der Waals surface area contributed by atoms with E-state index in [9.17, 15) is 9.59 Å². The SMILES string of the molecule is CC(CC(=O)C(C)(C)Sc1nccn1-c1ccc(C(C)C)c2ccccc12)C(=O)O. The van der Waals surface area contributed by atoms with E-state index in [0.717, 1.165) is 11.1 Å². The van der Waals surface area contributed by atoms with Gasteiger partial charge in [0.05, 0.1) is 16.4 Å². The Morgan fingerprint density at radius 2 is 1.77 bits per heavy atom. The van der Waals surface area contributed by atoms with Gasteiger partial charge < -0.3 is 5.11 Å². The lowest BCUT2D eigenvalue weighted by Crippen LogP contribution is -2.31. The zero-order valence-electron chi connectivity index (χ0n) is 18.0. The molecule has 0 aliphatic rings. The highest BCUT2D eigenvalue weighted by molar-refractivity contribution is 8.01. The van der Waals surface area contributed by atoms with Crippen molar-refractivity contribution in [3.63, 3.8) is 0 Å². The Balaban J connectivity index is 1.97. The van der Waals surface area contributed by atoms with Crippen LogP contribution in [0.25, 0.3) is 16.5 Å². The van der Waals surface area contributed by atoms with Crippen LogP contribution in [0.2, 0.25) is 0 Å². The molecule has 0 bridgehead atoms. The Bertz CT molecular complexity index is 1080. The third-order valence-electron chi connectivity index (χ3n) is 5.35. The molecule has 0 spiro atoms. The Morgan fingerprint density at radius 3 is 2.40 bits per heavy atom. The average molecular weight is 425 g/mol. The number of thioether (sulfide) groups is 1. The van der Waals surface area contributed by atoms with Crippen LogP contribution in [0.3, 0.4) is 0 Å². The molecule has 6 heteroatoms. The van der Waals surface area contributed by atoms with Crippen LogP contribution in [0.5, 0.6) is 0 Å². The topological polar surface area (TPSA) is 72.2 Å². The van der Waals surface area contributed by atoms with Gasteiger partial charge in [-0.3, -0.25) is 14.2 Å². The first-order chi connectivity index (χ1) is 14.1. The lowest BCUT2D eigenvalue weighted by molar-refractivity contribution is -0.143. The molecule has 5 nitrogen and oxygen atoms in total. The fourth-order valence-corrected chi connectivity index (χ4v) is 4.49. The normalized spacial score (nSPS) is 13.0. The molecular weight excluding hydrogens is 396 g/mol. The molecule has 1 heterocycles. The van der Waals surface area contributed by atoms with Crippen LogP contribution >= 0.6 is 11.8 Å². The second-order valence-corrected chi connectivity index (χ2v) is 10.0. The maximum Gasteiger partial charge on any atom is 0.306 e. The Morgan fingerprint density at radius 1 is 1.10 bits per heavy atom. The summed E-state index contributed by atoms with van der Waals surface area (Å²) in [4.78, 5) is 28.4. The molecule has 3 rings (SSSR count). The van der Waals surface area contributed by atoms with Crippen LogP contribution in [-0.2, 0) is 9.59 Å². The number of rotatable bonds is 8. The third-order valence-corrected chi connectivity index (χ3v) is 6.58. The molecule has 1 aromatic heterocycles. The number of nitrogens with zero attached hydrogens (tertiary/aromatic N) is 2. The van der Waals surface area contributed by atoms with Crippen molar-refractivity contribution in [3.8, 4) is 5.69 Å². The average Bonchev–Trinajstić information content (AvgIpc) is 3.13. The number of fused-ring (bicyclic) bond motifs is 1. The molecule has 0 saturated carbocycles. The van der Waals surface area contributed by atoms with Crippen molar-refractivity contribution in [2.45, 2.75) is 56.9 Å². The summed E-state index contributed by atoms with van der Waals surface area (Å²) in [5.41, 5.74) is 2.30. The number of imidazole rings is 1. The largest absolute Gasteiger partial charge is 0.481 e. The number of carbonyl (C=O) groups excluding carboxylic acids is 1. The zero-order chi connectivity index (χ0) is 22.1. The van der Waals surface area contributed by atoms with Gasteiger partial charge in [-0.25, -0.2) is 4.98 Å². The second-order valence-electron chi connectivity index (χ2n) is 8.43. The van der Waals surface area contributed by atoms with Crippen molar-refractivity contribution in [2.75, 3.05) is 0 Å². The number of Topliss-reactive ketones (excluding diaryl/α,β-unsaturated/α-hetero) is 1. The number of carbonyl (C=O) groups is 2. The van der Waals surface area contributed by atoms with Gasteiger partial charge in [-0.15, -0.1) is 0 Å². The van der Waals surface area contributed by atoms with Crippen molar-refractivity contribution in [2.24, 2.45) is 5.92 Å². The third kappa shape index (κ3) is 4.43. The summed E-state index contributed by atoms with van der Waals surface area (Å²) in [6, 6.07) is 12.6. The summed E-state index contributed by atoms with van der Waals surface area (Å²) in [5.74, 6) is -1.35.